The second-order valence-corrected chi connectivity index (χ2v) is 7.91. The van der Waals surface area contributed by atoms with E-state index >= 15 is 0 Å². The Morgan fingerprint density at radius 1 is 1.14 bits per heavy atom. The number of halogens is 2. The van der Waals surface area contributed by atoms with Gasteiger partial charge in [0.15, 0.2) is 0 Å². The fourth-order valence-corrected chi connectivity index (χ4v) is 4.53. The van der Waals surface area contributed by atoms with Gasteiger partial charge in [-0.3, -0.25) is 4.72 Å². The van der Waals surface area contributed by atoms with Crippen LogP contribution in [-0.2, 0) is 16.6 Å². The highest BCUT2D eigenvalue weighted by Gasteiger charge is 2.18. The Kier molecular flexibility index (Phi) is 5.08. The lowest BCUT2D eigenvalue weighted by Gasteiger charge is -2.12. The van der Waals surface area contributed by atoms with E-state index in [1.807, 2.05) is 13.0 Å². The highest BCUT2D eigenvalue weighted by Crippen LogP contribution is 2.27. The number of hydrogen-bond donors (Lipinski definition) is 2. The largest absolute Gasteiger partial charge is 0.392 e. The van der Waals surface area contributed by atoms with Crippen molar-refractivity contribution in [3.63, 3.8) is 0 Å². The highest BCUT2D eigenvalue weighted by atomic mass is 79.9. The molecule has 0 heterocycles. The minimum Gasteiger partial charge on any atom is -0.392 e. The second-order valence-electron chi connectivity index (χ2n) is 4.49. The SMILES string of the molecule is Cc1cc(Br)ccc1NS(=O)(=O)c1ccc(CO)cc1Br. The van der Waals surface area contributed by atoms with Crippen LogP contribution in [-0.4, -0.2) is 13.5 Å². The van der Waals surface area contributed by atoms with Gasteiger partial charge in [-0.15, -0.1) is 0 Å². The Labute approximate surface area is 140 Å². The van der Waals surface area contributed by atoms with Crippen LogP contribution in [0.5, 0.6) is 0 Å². The summed E-state index contributed by atoms with van der Waals surface area (Å²) in [4.78, 5) is 0.127. The zero-order valence-electron chi connectivity index (χ0n) is 11.1. The van der Waals surface area contributed by atoms with Gasteiger partial charge in [0.25, 0.3) is 10.0 Å². The van der Waals surface area contributed by atoms with E-state index in [2.05, 4.69) is 36.6 Å². The molecule has 0 aliphatic carbocycles. The van der Waals surface area contributed by atoms with E-state index in [9.17, 15) is 8.42 Å². The minimum absolute atomic E-state index is 0.127. The van der Waals surface area contributed by atoms with E-state index in [1.54, 1.807) is 24.3 Å². The number of rotatable bonds is 4. The van der Waals surface area contributed by atoms with Crippen LogP contribution in [0, 0.1) is 6.92 Å². The number of anilines is 1. The predicted molar refractivity (Wildman–Crippen MR) is 89.8 cm³/mol. The van der Waals surface area contributed by atoms with Crippen LogP contribution in [0.15, 0.2) is 50.2 Å². The van der Waals surface area contributed by atoms with Crippen molar-refractivity contribution in [2.24, 2.45) is 0 Å². The number of sulfonamides is 1. The molecule has 0 aliphatic heterocycles. The smallest absolute Gasteiger partial charge is 0.263 e. The van der Waals surface area contributed by atoms with Crippen LogP contribution in [0.4, 0.5) is 5.69 Å². The van der Waals surface area contributed by atoms with Gasteiger partial charge >= 0.3 is 0 Å². The Morgan fingerprint density at radius 2 is 1.86 bits per heavy atom. The molecule has 4 nitrogen and oxygen atoms in total. The van der Waals surface area contributed by atoms with E-state index in [4.69, 9.17) is 5.11 Å². The molecule has 0 unspecified atom stereocenters. The molecule has 0 atom stereocenters. The average molecular weight is 435 g/mol. The van der Waals surface area contributed by atoms with Crippen molar-refractivity contribution < 1.29 is 13.5 Å². The maximum atomic E-state index is 12.4. The number of benzene rings is 2. The first-order chi connectivity index (χ1) is 9.83. The Morgan fingerprint density at radius 3 is 2.43 bits per heavy atom. The van der Waals surface area contributed by atoms with E-state index in [1.165, 1.54) is 6.07 Å². The van der Waals surface area contributed by atoms with Crippen molar-refractivity contribution in [3.05, 3.63) is 56.5 Å². The fraction of sp³-hybridized carbons (Fsp3) is 0.143. The summed E-state index contributed by atoms with van der Waals surface area (Å²) in [6, 6.07) is 9.94. The molecule has 0 saturated carbocycles. The first-order valence-electron chi connectivity index (χ1n) is 6.02. The zero-order chi connectivity index (χ0) is 15.6. The summed E-state index contributed by atoms with van der Waals surface area (Å²) < 4.78 is 28.8. The molecule has 2 aromatic rings. The molecule has 2 rings (SSSR count). The topological polar surface area (TPSA) is 66.4 Å². The van der Waals surface area contributed by atoms with Crippen molar-refractivity contribution in [1.29, 1.82) is 0 Å². The number of aliphatic hydroxyl groups excluding tert-OH is 1. The lowest BCUT2D eigenvalue weighted by molar-refractivity contribution is 0.281. The third kappa shape index (κ3) is 3.85. The van der Waals surface area contributed by atoms with Gasteiger partial charge in [-0.1, -0.05) is 22.0 Å². The van der Waals surface area contributed by atoms with Crippen molar-refractivity contribution in [1.82, 2.24) is 0 Å². The van der Waals surface area contributed by atoms with Crippen LogP contribution in [0.3, 0.4) is 0 Å². The standard InChI is InChI=1S/C14H13Br2NO3S/c1-9-6-11(15)3-4-13(9)17-21(19,20)14-5-2-10(8-18)7-12(14)16/h2-7,17-18H,8H2,1H3. The number of nitrogens with one attached hydrogen (secondary N) is 1. The van der Waals surface area contributed by atoms with Gasteiger partial charge in [-0.2, -0.15) is 0 Å². The van der Waals surface area contributed by atoms with Gasteiger partial charge in [-0.05, 0) is 64.3 Å². The number of aryl methyl sites for hydroxylation is 1. The lowest BCUT2D eigenvalue weighted by Crippen LogP contribution is -2.14. The normalized spacial score (nSPS) is 11.4. The summed E-state index contributed by atoms with van der Waals surface area (Å²) in [5, 5.41) is 9.06. The molecular weight excluding hydrogens is 422 g/mol. The van der Waals surface area contributed by atoms with E-state index in [0.29, 0.717) is 15.7 Å². The quantitative estimate of drug-likeness (QED) is 0.768. The fourth-order valence-electron chi connectivity index (χ4n) is 1.80. The molecule has 21 heavy (non-hydrogen) atoms. The van der Waals surface area contributed by atoms with Crippen LogP contribution in [0.1, 0.15) is 11.1 Å². The Hall–Kier alpha value is -0.890. The molecule has 0 spiro atoms. The van der Waals surface area contributed by atoms with E-state index in [-0.39, 0.29) is 11.5 Å². The van der Waals surface area contributed by atoms with Crippen molar-refractivity contribution in [2.75, 3.05) is 4.72 Å². The zero-order valence-corrected chi connectivity index (χ0v) is 15.1. The maximum Gasteiger partial charge on any atom is 0.263 e. The van der Waals surface area contributed by atoms with Gasteiger partial charge in [0.2, 0.25) is 0 Å². The minimum atomic E-state index is -3.70. The van der Waals surface area contributed by atoms with Gasteiger partial charge < -0.3 is 5.11 Å². The Bertz CT molecular complexity index is 776. The molecule has 7 heteroatoms. The molecule has 0 aromatic heterocycles. The molecule has 0 bridgehead atoms. The predicted octanol–water partition coefficient (Wildman–Crippen LogP) is 3.81. The molecule has 0 saturated heterocycles. The summed E-state index contributed by atoms with van der Waals surface area (Å²) >= 11 is 6.57. The summed E-state index contributed by atoms with van der Waals surface area (Å²) in [6.07, 6.45) is 0. The summed E-state index contributed by atoms with van der Waals surface area (Å²) in [6.45, 7) is 1.69. The van der Waals surface area contributed by atoms with E-state index < -0.39 is 10.0 Å². The van der Waals surface area contributed by atoms with Crippen LogP contribution in [0.2, 0.25) is 0 Å². The van der Waals surface area contributed by atoms with Gasteiger partial charge in [0.05, 0.1) is 12.3 Å². The van der Waals surface area contributed by atoms with Gasteiger partial charge in [0, 0.05) is 8.95 Å². The molecule has 112 valence electrons. The molecule has 0 radical (unpaired) electrons. The van der Waals surface area contributed by atoms with Crippen molar-refractivity contribution in [3.8, 4) is 0 Å². The van der Waals surface area contributed by atoms with Crippen LogP contribution in [0.25, 0.3) is 0 Å². The average Bonchev–Trinajstić information content (AvgIpc) is 2.41. The Balaban J connectivity index is 2.38. The third-order valence-electron chi connectivity index (χ3n) is 2.90. The molecular formula is C14H13Br2NO3S. The monoisotopic (exact) mass is 433 g/mol. The third-order valence-corrected chi connectivity index (χ3v) is 5.74. The molecule has 0 fully saturated rings. The van der Waals surface area contributed by atoms with E-state index in [0.717, 1.165) is 10.0 Å². The molecule has 2 aromatic carbocycles. The second kappa shape index (κ2) is 6.48. The number of aliphatic hydroxyl groups is 1. The first kappa shape index (κ1) is 16.5. The molecule has 2 N–H and O–H groups in total. The highest BCUT2D eigenvalue weighted by molar-refractivity contribution is 9.10. The van der Waals surface area contributed by atoms with Gasteiger partial charge in [-0.25, -0.2) is 8.42 Å². The summed E-state index contributed by atoms with van der Waals surface area (Å²) in [7, 11) is -3.70. The maximum absolute atomic E-state index is 12.4. The summed E-state index contributed by atoms with van der Waals surface area (Å²) in [5.74, 6) is 0. The van der Waals surface area contributed by atoms with Gasteiger partial charge in [0.1, 0.15) is 4.90 Å². The van der Waals surface area contributed by atoms with Crippen LogP contribution < -0.4 is 4.72 Å². The first-order valence-corrected chi connectivity index (χ1v) is 9.08. The van der Waals surface area contributed by atoms with Crippen molar-refractivity contribution in [2.45, 2.75) is 18.4 Å². The van der Waals surface area contributed by atoms with Crippen LogP contribution >= 0.6 is 31.9 Å². The number of hydrogen-bond acceptors (Lipinski definition) is 3. The summed E-state index contributed by atoms with van der Waals surface area (Å²) in [5.41, 5.74) is 1.98. The van der Waals surface area contributed by atoms with Crippen molar-refractivity contribution >= 4 is 47.6 Å². The molecule has 0 aliphatic rings. The molecule has 0 amide bonds. The lowest BCUT2D eigenvalue weighted by atomic mass is 10.2.